The summed E-state index contributed by atoms with van der Waals surface area (Å²) < 4.78 is 5.20. The van der Waals surface area contributed by atoms with Gasteiger partial charge in [0.15, 0.2) is 0 Å². The van der Waals surface area contributed by atoms with Crippen LogP contribution in [-0.2, 0) is 4.79 Å². The summed E-state index contributed by atoms with van der Waals surface area (Å²) in [5, 5.41) is 6.65. The van der Waals surface area contributed by atoms with E-state index in [1.165, 1.54) is 0 Å². The highest BCUT2D eigenvalue weighted by Gasteiger charge is 2.35. The van der Waals surface area contributed by atoms with Gasteiger partial charge in [-0.2, -0.15) is 0 Å². The van der Waals surface area contributed by atoms with Gasteiger partial charge in [-0.15, -0.1) is 0 Å². The smallest absolute Gasteiger partial charge is 0.226 e. The van der Waals surface area contributed by atoms with Gasteiger partial charge in [0.25, 0.3) is 0 Å². The van der Waals surface area contributed by atoms with E-state index in [9.17, 15) is 4.79 Å². The largest absolute Gasteiger partial charge is 0.497 e. The maximum Gasteiger partial charge on any atom is 0.226 e. The maximum atomic E-state index is 12.7. The zero-order valence-electron chi connectivity index (χ0n) is 13.8. The van der Waals surface area contributed by atoms with E-state index in [1.807, 2.05) is 24.3 Å². The van der Waals surface area contributed by atoms with E-state index in [4.69, 9.17) is 4.74 Å². The Morgan fingerprint density at radius 3 is 2.78 bits per heavy atom. The minimum Gasteiger partial charge on any atom is -0.497 e. The van der Waals surface area contributed by atoms with Crippen LogP contribution in [0.25, 0.3) is 0 Å². The number of carbonyl (C=O) groups is 1. The number of benzene rings is 1. The van der Waals surface area contributed by atoms with Crippen LogP contribution in [0.1, 0.15) is 31.4 Å². The van der Waals surface area contributed by atoms with Gasteiger partial charge in [0.05, 0.1) is 19.1 Å². The van der Waals surface area contributed by atoms with E-state index in [0.29, 0.717) is 12.6 Å². The highest BCUT2D eigenvalue weighted by Crippen LogP contribution is 2.27. The van der Waals surface area contributed by atoms with Crippen LogP contribution < -0.4 is 26.2 Å². The second-order valence-electron chi connectivity index (χ2n) is 6.38. The lowest BCUT2D eigenvalue weighted by molar-refractivity contribution is -0.126. The molecule has 1 aromatic rings. The molecule has 3 rings (SSSR count). The lowest BCUT2D eigenvalue weighted by Gasteiger charge is -2.32. The standard InChI is InChI=1S/C17H26N4O2/c1-11-15(4-3-9-18-11)20-17(22)14-10-19-21-16(14)12-5-7-13(23-2)8-6-12/h5-8,11,14-16,18-19,21H,3-4,9-10H2,1-2H3,(H,20,22). The van der Waals surface area contributed by atoms with E-state index < -0.39 is 0 Å². The average Bonchev–Trinajstić information content (AvgIpc) is 3.07. The van der Waals surface area contributed by atoms with E-state index >= 15 is 0 Å². The third kappa shape index (κ3) is 3.65. The van der Waals surface area contributed by atoms with Gasteiger partial charge >= 0.3 is 0 Å². The topological polar surface area (TPSA) is 74.4 Å². The molecule has 0 aromatic heterocycles. The second kappa shape index (κ2) is 7.29. The van der Waals surface area contributed by atoms with Gasteiger partial charge in [-0.05, 0) is 44.0 Å². The fraction of sp³-hybridized carbons (Fsp3) is 0.588. The predicted octanol–water partition coefficient (Wildman–Crippen LogP) is 0.717. The minimum absolute atomic E-state index is 0.0206. The minimum atomic E-state index is -0.113. The Balaban J connectivity index is 1.66. The molecule has 2 aliphatic heterocycles. The van der Waals surface area contributed by atoms with Crippen LogP contribution >= 0.6 is 0 Å². The zero-order valence-corrected chi connectivity index (χ0v) is 13.8. The monoisotopic (exact) mass is 318 g/mol. The van der Waals surface area contributed by atoms with Gasteiger partial charge in [0.2, 0.25) is 5.91 Å². The number of piperidine rings is 1. The Kier molecular flexibility index (Phi) is 5.15. The SMILES string of the molecule is COc1ccc(C2NNCC2C(=O)NC2CCCNC2C)cc1. The number of nitrogens with one attached hydrogen (secondary N) is 4. The first kappa shape index (κ1) is 16.2. The predicted molar refractivity (Wildman–Crippen MR) is 89.0 cm³/mol. The van der Waals surface area contributed by atoms with Gasteiger partial charge in [-0.1, -0.05) is 12.1 Å². The third-order valence-electron chi connectivity index (χ3n) is 4.88. The van der Waals surface area contributed by atoms with Crippen molar-refractivity contribution in [3.05, 3.63) is 29.8 Å². The van der Waals surface area contributed by atoms with Gasteiger partial charge in [0, 0.05) is 18.6 Å². The van der Waals surface area contributed by atoms with Crippen molar-refractivity contribution in [3.63, 3.8) is 0 Å². The average molecular weight is 318 g/mol. The number of hydrogen-bond donors (Lipinski definition) is 4. The van der Waals surface area contributed by atoms with Crippen molar-refractivity contribution < 1.29 is 9.53 Å². The molecule has 0 spiro atoms. The number of ether oxygens (including phenoxy) is 1. The molecule has 1 aromatic carbocycles. The van der Waals surface area contributed by atoms with Crippen LogP contribution in [0.5, 0.6) is 5.75 Å². The lowest BCUT2D eigenvalue weighted by Crippen LogP contribution is -2.53. The Hall–Kier alpha value is -1.63. The highest BCUT2D eigenvalue weighted by atomic mass is 16.5. The van der Waals surface area contributed by atoms with Crippen LogP contribution in [0.15, 0.2) is 24.3 Å². The molecule has 6 heteroatoms. The summed E-state index contributed by atoms with van der Waals surface area (Å²) >= 11 is 0. The van der Waals surface area contributed by atoms with Crippen molar-refractivity contribution in [2.75, 3.05) is 20.2 Å². The van der Waals surface area contributed by atoms with Gasteiger partial charge in [-0.3, -0.25) is 10.2 Å². The Bertz CT molecular complexity index is 534. The van der Waals surface area contributed by atoms with E-state index in [-0.39, 0.29) is 23.9 Å². The molecule has 4 N–H and O–H groups in total. The summed E-state index contributed by atoms with van der Waals surface area (Å²) in [7, 11) is 1.65. The Labute approximate surface area is 137 Å². The highest BCUT2D eigenvalue weighted by molar-refractivity contribution is 5.80. The molecule has 0 bridgehead atoms. The zero-order chi connectivity index (χ0) is 16.2. The summed E-state index contributed by atoms with van der Waals surface area (Å²) in [4.78, 5) is 12.7. The summed E-state index contributed by atoms with van der Waals surface area (Å²) in [6.07, 6.45) is 2.15. The van der Waals surface area contributed by atoms with E-state index in [0.717, 1.165) is 30.7 Å². The molecule has 6 nitrogen and oxygen atoms in total. The maximum absolute atomic E-state index is 12.7. The first-order valence-electron chi connectivity index (χ1n) is 8.35. The molecule has 23 heavy (non-hydrogen) atoms. The van der Waals surface area contributed by atoms with Gasteiger partial charge < -0.3 is 15.4 Å². The van der Waals surface area contributed by atoms with Crippen molar-refractivity contribution in [2.45, 2.75) is 37.9 Å². The van der Waals surface area contributed by atoms with Crippen LogP contribution in [0.4, 0.5) is 0 Å². The molecule has 1 amide bonds. The number of hydrazine groups is 1. The number of hydrogen-bond acceptors (Lipinski definition) is 5. The first-order chi connectivity index (χ1) is 11.2. The van der Waals surface area contributed by atoms with Crippen LogP contribution in [-0.4, -0.2) is 38.2 Å². The molecule has 0 saturated carbocycles. The fourth-order valence-corrected chi connectivity index (χ4v) is 3.40. The molecule has 126 valence electrons. The molecule has 2 heterocycles. The molecule has 2 saturated heterocycles. The molecule has 0 aliphatic carbocycles. The molecular weight excluding hydrogens is 292 g/mol. The molecule has 4 unspecified atom stereocenters. The van der Waals surface area contributed by atoms with Crippen molar-refractivity contribution in [2.24, 2.45) is 5.92 Å². The summed E-state index contributed by atoms with van der Waals surface area (Å²) in [5.74, 6) is 0.823. The summed E-state index contributed by atoms with van der Waals surface area (Å²) in [5.41, 5.74) is 7.43. The van der Waals surface area contributed by atoms with Crippen LogP contribution in [0.2, 0.25) is 0 Å². The third-order valence-corrected chi connectivity index (χ3v) is 4.88. The molecule has 2 aliphatic rings. The lowest BCUT2D eigenvalue weighted by atomic mass is 9.92. The normalized spacial score (nSPS) is 30.9. The molecule has 2 fully saturated rings. The first-order valence-corrected chi connectivity index (χ1v) is 8.35. The Morgan fingerprint density at radius 1 is 1.30 bits per heavy atom. The van der Waals surface area contributed by atoms with Gasteiger partial charge in [0.1, 0.15) is 5.75 Å². The van der Waals surface area contributed by atoms with Gasteiger partial charge in [-0.25, -0.2) is 5.43 Å². The van der Waals surface area contributed by atoms with Crippen molar-refractivity contribution >= 4 is 5.91 Å². The van der Waals surface area contributed by atoms with Crippen molar-refractivity contribution in [1.29, 1.82) is 0 Å². The number of amides is 1. The molecular formula is C17H26N4O2. The molecule has 0 radical (unpaired) electrons. The van der Waals surface area contributed by atoms with E-state index in [2.05, 4.69) is 28.4 Å². The van der Waals surface area contributed by atoms with Crippen molar-refractivity contribution in [1.82, 2.24) is 21.5 Å². The number of methoxy groups -OCH3 is 1. The van der Waals surface area contributed by atoms with Crippen molar-refractivity contribution in [3.8, 4) is 5.75 Å². The summed E-state index contributed by atoms with van der Waals surface area (Å²) in [6.45, 7) is 3.81. The quantitative estimate of drug-likeness (QED) is 0.658. The number of rotatable bonds is 4. The van der Waals surface area contributed by atoms with E-state index in [1.54, 1.807) is 7.11 Å². The van der Waals surface area contributed by atoms with Crippen LogP contribution in [0.3, 0.4) is 0 Å². The molecule has 4 atom stereocenters. The second-order valence-corrected chi connectivity index (χ2v) is 6.38. The number of carbonyl (C=O) groups excluding carboxylic acids is 1. The summed E-state index contributed by atoms with van der Waals surface area (Å²) in [6, 6.07) is 8.40. The Morgan fingerprint density at radius 2 is 2.09 bits per heavy atom. The fourth-order valence-electron chi connectivity index (χ4n) is 3.40. The van der Waals surface area contributed by atoms with Crippen LogP contribution in [0, 0.1) is 5.92 Å².